The summed E-state index contributed by atoms with van der Waals surface area (Å²) in [7, 11) is 0. The predicted molar refractivity (Wildman–Crippen MR) is 132 cm³/mol. The molecule has 0 radical (unpaired) electrons. The van der Waals surface area contributed by atoms with Gasteiger partial charge >= 0.3 is 59.4 Å². The van der Waals surface area contributed by atoms with Gasteiger partial charge in [0, 0.05) is 0 Å². The minimum atomic E-state index is 0. The van der Waals surface area contributed by atoms with Crippen LogP contribution >= 0.6 is 0 Å². The second-order valence-electron chi connectivity index (χ2n) is 9.90. The van der Waals surface area contributed by atoms with Gasteiger partial charge in [-0.05, 0) is 59.1 Å². The summed E-state index contributed by atoms with van der Waals surface area (Å²) >= 11 is 1.97. The Bertz CT molecular complexity index is 950. The Hall–Kier alpha value is -1.65. The van der Waals surface area contributed by atoms with Gasteiger partial charge in [0.1, 0.15) is 11.5 Å². The average molecular weight is 538 g/mol. The molecule has 1 heterocycles. The summed E-state index contributed by atoms with van der Waals surface area (Å²) in [5.74, 6) is 0.756. The van der Waals surface area contributed by atoms with E-state index in [-0.39, 0.29) is 35.6 Å². The summed E-state index contributed by atoms with van der Waals surface area (Å²) in [5, 5.41) is 18.6. The van der Waals surface area contributed by atoms with Crippen LogP contribution in [0.1, 0.15) is 69.5 Å². The number of aryl methyl sites for hydroxylation is 2. The fourth-order valence-electron chi connectivity index (χ4n) is 2.71. The van der Waals surface area contributed by atoms with E-state index in [4.69, 9.17) is 0 Å². The summed E-state index contributed by atoms with van der Waals surface area (Å²) in [6, 6.07) is 17.4. The van der Waals surface area contributed by atoms with Crippen molar-refractivity contribution in [2.45, 2.75) is 66.2 Å². The topological polar surface area (TPSA) is 53.4 Å². The van der Waals surface area contributed by atoms with Crippen molar-refractivity contribution in [3.05, 3.63) is 88.7 Å². The number of nitrogens with zero attached hydrogens (tertiary/aromatic N) is 1. The number of rotatable bonds is 1. The van der Waals surface area contributed by atoms with Crippen molar-refractivity contribution in [2.75, 3.05) is 0 Å². The van der Waals surface area contributed by atoms with Gasteiger partial charge < -0.3 is 35.0 Å². The molecule has 2 N–H and O–H groups in total. The molecule has 0 aliphatic rings. The second kappa shape index (κ2) is 15.4. The number of pyridine rings is 1. The van der Waals surface area contributed by atoms with Crippen LogP contribution < -0.4 is 24.8 Å². The molecule has 3 aromatic rings. The van der Waals surface area contributed by atoms with Crippen LogP contribution in [0, 0.1) is 13.8 Å². The van der Waals surface area contributed by atoms with E-state index in [0.717, 1.165) is 16.8 Å². The SMILES string of the molecule is Cc1cc(C(C)(C)C)ccc1O.Cc1cc(C(C)(C)C)ccc1O.[Cl-].[Cl-].[Ti]=[CH]c1ccccn1. The minimum absolute atomic E-state index is 0. The first-order valence-electron chi connectivity index (χ1n) is 10.8. The van der Waals surface area contributed by atoms with Crippen molar-refractivity contribution in [3.8, 4) is 11.5 Å². The third-order valence-electron chi connectivity index (χ3n) is 4.96. The zero-order valence-electron chi connectivity index (χ0n) is 21.4. The van der Waals surface area contributed by atoms with Crippen LogP contribution in [0.25, 0.3) is 0 Å². The molecule has 0 atom stereocenters. The number of aromatic nitrogens is 1. The number of hydrogen-bond acceptors (Lipinski definition) is 3. The molecule has 0 aliphatic heterocycles. The van der Waals surface area contributed by atoms with Crippen molar-refractivity contribution in [1.29, 1.82) is 0 Å². The van der Waals surface area contributed by atoms with Crippen LogP contribution in [0.4, 0.5) is 0 Å². The van der Waals surface area contributed by atoms with Crippen molar-refractivity contribution >= 4 is 4.31 Å². The van der Waals surface area contributed by atoms with E-state index in [2.05, 4.69) is 46.5 Å². The van der Waals surface area contributed by atoms with Gasteiger partial charge in [0.05, 0.1) is 0 Å². The molecule has 0 fully saturated rings. The molecule has 2 aromatic carbocycles. The number of phenolic OH excluding ortho intramolecular Hbond substituents is 2. The number of hydrogen-bond donors (Lipinski definition) is 2. The Morgan fingerprint density at radius 1 is 0.706 bits per heavy atom. The zero-order chi connectivity index (χ0) is 24.5. The molecule has 0 saturated heterocycles. The Labute approximate surface area is 229 Å². The maximum absolute atomic E-state index is 9.31. The summed E-state index contributed by atoms with van der Waals surface area (Å²) in [5.41, 5.74) is 5.78. The summed E-state index contributed by atoms with van der Waals surface area (Å²) in [4.78, 5) is 4.04. The van der Waals surface area contributed by atoms with Crippen LogP contribution in [0.5, 0.6) is 11.5 Å². The van der Waals surface area contributed by atoms with Gasteiger partial charge in [-0.15, -0.1) is 0 Å². The molecule has 3 rings (SSSR count). The van der Waals surface area contributed by atoms with Crippen LogP contribution in [-0.4, -0.2) is 19.5 Å². The van der Waals surface area contributed by atoms with Crippen LogP contribution in [0.3, 0.4) is 0 Å². The number of aromatic hydroxyl groups is 2. The first kappa shape index (κ1) is 34.5. The van der Waals surface area contributed by atoms with Crippen molar-refractivity contribution in [1.82, 2.24) is 4.98 Å². The zero-order valence-corrected chi connectivity index (χ0v) is 24.5. The average Bonchev–Trinajstić information content (AvgIpc) is 2.72. The van der Waals surface area contributed by atoms with Crippen LogP contribution in [0.2, 0.25) is 0 Å². The van der Waals surface area contributed by atoms with Crippen molar-refractivity contribution < 1.29 is 55.0 Å². The van der Waals surface area contributed by atoms with Gasteiger partial charge in [0.25, 0.3) is 0 Å². The number of benzene rings is 2. The van der Waals surface area contributed by atoms with Gasteiger partial charge in [0.2, 0.25) is 0 Å². The van der Waals surface area contributed by atoms with Gasteiger partial charge in [0.15, 0.2) is 0 Å². The van der Waals surface area contributed by atoms with E-state index < -0.39 is 0 Å². The van der Waals surface area contributed by atoms with E-state index >= 15 is 0 Å². The molecule has 6 heteroatoms. The third kappa shape index (κ3) is 12.2. The van der Waals surface area contributed by atoms with Crippen LogP contribution in [-0.2, 0) is 30.8 Å². The van der Waals surface area contributed by atoms with E-state index in [1.165, 1.54) is 11.1 Å². The molecular formula is C28H37Cl2NO2Ti-2. The first-order chi connectivity index (χ1) is 14.8. The van der Waals surface area contributed by atoms with E-state index in [9.17, 15) is 10.2 Å². The third-order valence-corrected chi connectivity index (χ3v) is 5.42. The van der Waals surface area contributed by atoms with E-state index in [1.54, 1.807) is 18.3 Å². The summed E-state index contributed by atoms with van der Waals surface area (Å²) in [6.07, 6.45) is 1.79. The molecule has 0 aliphatic carbocycles. The molecule has 1 aromatic heterocycles. The molecule has 0 saturated carbocycles. The summed E-state index contributed by atoms with van der Waals surface area (Å²) in [6.45, 7) is 16.8. The first-order valence-corrected chi connectivity index (χ1v) is 11.7. The Kier molecular flexibility index (Phi) is 15.6. The Morgan fingerprint density at radius 2 is 1.12 bits per heavy atom. The quantitative estimate of drug-likeness (QED) is 0.451. The standard InChI is InChI=1S/2C11H16O.C6H5N.2ClH.Ti/c2*1-8-7-9(11(2,3)4)5-6-10(8)12;1-6-4-2-3-5-7-6;;;/h2*5-7,12H,1-4H3;1-5H;2*1H;/p-2. The monoisotopic (exact) mass is 537 g/mol. The van der Waals surface area contributed by atoms with Crippen LogP contribution in [0.15, 0.2) is 60.8 Å². The fourth-order valence-corrected chi connectivity index (χ4v) is 2.97. The van der Waals surface area contributed by atoms with Gasteiger partial charge in [-0.2, -0.15) is 0 Å². The normalized spacial score (nSPS) is 10.2. The van der Waals surface area contributed by atoms with E-state index in [0.29, 0.717) is 11.5 Å². The second-order valence-corrected chi connectivity index (χ2v) is 10.4. The van der Waals surface area contributed by atoms with Gasteiger partial charge in [-0.25, -0.2) is 0 Å². The van der Waals surface area contributed by atoms with E-state index in [1.807, 2.05) is 80.6 Å². The molecule has 0 unspecified atom stereocenters. The Balaban J connectivity index is 0. The molecule has 0 amide bonds. The molecule has 3 nitrogen and oxygen atoms in total. The predicted octanol–water partition coefficient (Wildman–Crippen LogP) is 0.783. The maximum atomic E-state index is 9.31. The summed E-state index contributed by atoms with van der Waals surface area (Å²) < 4.78 is 1.97. The van der Waals surface area contributed by atoms with Gasteiger partial charge in [-0.1, -0.05) is 65.8 Å². The molecule has 186 valence electrons. The van der Waals surface area contributed by atoms with Crippen molar-refractivity contribution in [3.63, 3.8) is 0 Å². The van der Waals surface area contributed by atoms with Crippen molar-refractivity contribution in [2.24, 2.45) is 0 Å². The Morgan fingerprint density at radius 3 is 1.35 bits per heavy atom. The number of phenols is 2. The molecule has 0 spiro atoms. The van der Waals surface area contributed by atoms with Gasteiger partial charge in [-0.3, -0.25) is 0 Å². The molecular weight excluding hydrogens is 501 g/mol. The number of halogens is 2. The fraction of sp³-hybridized carbons (Fsp3) is 0.357. The molecule has 0 bridgehead atoms. The molecule has 34 heavy (non-hydrogen) atoms.